The molecule has 7 heteroatoms. The lowest BCUT2D eigenvalue weighted by Crippen LogP contribution is -2.35. The van der Waals surface area contributed by atoms with E-state index in [0.29, 0.717) is 31.2 Å². The number of hydrogen-bond donors (Lipinski definition) is 2. The molecule has 2 aliphatic rings. The van der Waals surface area contributed by atoms with Gasteiger partial charge in [0.2, 0.25) is 6.79 Å². The van der Waals surface area contributed by atoms with Crippen LogP contribution in [0.3, 0.4) is 0 Å². The topological polar surface area (TPSA) is 61.0 Å². The normalized spacial score (nSPS) is 18.6. The molecule has 2 aliphatic heterocycles. The third-order valence-electron chi connectivity index (χ3n) is 3.97. The summed E-state index contributed by atoms with van der Waals surface area (Å²) in [6.07, 6.45) is 3.48. The van der Waals surface area contributed by atoms with Gasteiger partial charge in [-0.25, -0.2) is 0 Å². The van der Waals surface area contributed by atoms with Crippen molar-refractivity contribution in [2.75, 3.05) is 33.2 Å². The van der Waals surface area contributed by atoms with E-state index in [-0.39, 0.29) is 0 Å². The highest BCUT2D eigenvalue weighted by Gasteiger charge is 2.15. The van der Waals surface area contributed by atoms with Gasteiger partial charge < -0.3 is 29.6 Å². The molecule has 2 heterocycles. The van der Waals surface area contributed by atoms with Crippen molar-refractivity contribution in [3.05, 3.63) is 23.8 Å². The highest BCUT2D eigenvalue weighted by molar-refractivity contribution is 7.80. The van der Waals surface area contributed by atoms with Crippen LogP contribution >= 0.6 is 12.2 Å². The standard InChI is InChI=1S/C17H24N2O4S/c24-17(18-6-2-7-20-11-14-3-1-8-21-14)19-10-13-4-5-15-16(9-13)23-12-22-15/h4-5,9,14H,1-3,6-8,10-12H2,(H2,18,19,24)/t14-/m0/s1. The molecule has 0 unspecified atom stereocenters. The minimum absolute atomic E-state index is 0.293. The Morgan fingerprint density at radius 3 is 3.04 bits per heavy atom. The van der Waals surface area contributed by atoms with Gasteiger partial charge in [0.05, 0.1) is 12.7 Å². The molecule has 6 nitrogen and oxygen atoms in total. The van der Waals surface area contributed by atoms with Gasteiger partial charge in [-0.15, -0.1) is 0 Å². The number of nitrogens with one attached hydrogen (secondary N) is 2. The Bertz CT molecular complexity index is 549. The highest BCUT2D eigenvalue weighted by Crippen LogP contribution is 2.32. The smallest absolute Gasteiger partial charge is 0.231 e. The number of benzene rings is 1. The first-order valence-corrected chi connectivity index (χ1v) is 8.81. The Labute approximate surface area is 147 Å². The van der Waals surface area contributed by atoms with E-state index in [0.717, 1.165) is 56.1 Å². The van der Waals surface area contributed by atoms with Crippen LogP contribution in [0.15, 0.2) is 18.2 Å². The predicted molar refractivity (Wildman–Crippen MR) is 94.4 cm³/mol. The van der Waals surface area contributed by atoms with Crippen LogP contribution in [0.25, 0.3) is 0 Å². The van der Waals surface area contributed by atoms with Gasteiger partial charge >= 0.3 is 0 Å². The average molecular weight is 352 g/mol. The molecule has 1 saturated heterocycles. The van der Waals surface area contributed by atoms with Gasteiger partial charge in [-0.3, -0.25) is 0 Å². The summed E-state index contributed by atoms with van der Waals surface area (Å²) in [7, 11) is 0. The van der Waals surface area contributed by atoms with E-state index >= 15 is 0 Å². The van der Waals surface area contributed by atoms with Crippen LogP contribution < -0.4 is 20.1 Å². The van der Waals surface area contributed by atoms with Crippen molar-refractivity contribution in [2.45, 2.75) is 31.9 Å². The van der Waals surface area contributed by atoms with E-state index in [1.54, 1.807) is 0 Å². The van der Waals surface area contributed by atoms with Gasteiger partial charge in [0, 0.05) is 26.3 Å². The molecule has 0 radical (unpaired) electrons. The molecule has 0 aliphatic carbocycles. The number of ether oxygens (including phenoxy) is 4. The summed E-state index contributed by atoms with van der Waals surface area (Å²) in [5.41, 5.74) is 1.10. The molecule has 0 bridgehead atoms. The molecule has 1 aromatic rings. The van der Waals surface area contributed by atoms with E-state index in [4.69, 9.17) is 31.2 Å². The summed E-state index contributed by atoms with van der Waals surface area (Å²) in [6, 6.07) is 5.89. The number of fused-ring (bicyclic) bond motifs is 1. The van der Waals surface area contributed by atoms with Crippen LogP contribution in [0.2, 0.25) is 0 Å². The lowest BCUT2D eigenvalue weighted by atomic mass is 10.2. The first-order chi connectivity index (χ1) is 11.8. The zero-order valence-corrected chi connectivity index (χ0v) is 14.5. The minimum atomic E-state index is 0.293. The maximum atomic E-state index is 5.62. The first kappa shape index (κ1) is 17.3. The zero-order chi connectivity index (χ0) is 16.6. The van der Waals surface area contributed by atoms with Gasteiger partial charge in [0.15, 0.2) is 16.6 Å². The summed E-state index contributed by atoms with van der Waals surface area (Å²) in [6.45, 7) is 4.03. The summed E-state index contributed by atoms with van der Waals surface area (Å²) in [4.78, 5) is 0. The largest absolute Gasteiger partial charge is 0.454 e. The van der Waals surface area contributed by atoms with Crippen LogP contribution in [0.1, 0.15) is 24.8 Å². The lowest BCUT2D eigenvalue weighted by molar-refractivity contribution is 0.0168. The maximum Gasteiger partial charge on any atom is 0.231 e. The number of rotatable bonds is 8. The molecular weight excluding hydrogens is 328 g/mol. The lowest BCUT2D eigenvalue weighted by Gasteiger charge is -2.12. The Kier molecular flexibility index (Phi) is 6.51. The Morgan fingerprint density at radius 2 is 2.17 bits per heavy atom. The predicted octanol–water partition coefficient (Wildman–Crippen LogP) is 1.97. The average Bonchev–Trinajstić information content (AvgIpc) is 3.26. The molecule has 24 heavy (non-hydrogen) atoms. The van der Waals surface area contributed by atoms with E-state index in [1.165, 1.54) is 0 Å². The van der Waals surface area contributed by atoms with Gasteiger partial charge in [0.25, 0.3) is 0 Å². The van der Waals surface area contributed by atoms with Crippen molar-refractivity contribution in [3.63, 3.8) is 0 Å². The maximum absolute atomic E-state index is 5.62. The second-order valence-electron chi connectivity index (χ2n) is 5.86. The molecule has 0 saturated carbocycles. The summed E-state index contributed by atoms with van der Waals surface area (Å²) < 4.78 is 21.8. The van der Waals surface area contributed by atoms with E-state index in [9.17, 15) is 0 Å². The van der Waals surface area contributed by atoms with Crippen LogP contribution in [0, 0.1) is 0 Å². The second kappa shape index (κ2) is 9.05. The molecule has 3 rings (SSSR count). The van der Waals surface area contributed by atoms with Crippen LogP contribution in [0.4, 0.5) is 0 Å². The van der Waals surface area contributed by atoms with Gasteiger partial charge in [-0.2, -0.15) is 0 Å². The molecule has 0 aromatic heterocycles. The second-order valence-corrected chi connectivity index (χ2v) is 6.27. The SMILES string of the molecule is S=C(NCCCOC[C@@H]1CCCO1)NCc1ccc2c(c1)OCO2. The molecule has 1 atom stereocenters. The molecule has 1 fully saturated rings. The van der Waals surface area contributed by atoms with E-state index in [1.807, 2.05) is 18.2 Å². The van der Waals surface area contributed by atoms with Crippen molar-refractivity contribution in [1.29, 1.82) is 0 Å². The fourth-order valence-corrected chi connectivity index (χ4v) is 2.84. The van der Waals surface area contributed by atoms with Crippen molar-refractivity contribution < 1.29 is 18.9 Å². The van der Waals surface area contributed by atoms with Gasteiger partial charge in [0.1, 0.15) is 0 Å². The number of thiocarbonyl (C=S) groups is 1. The molecule has 0 spiro atoms. The van der Waals surface area contributed by atoms with Gasteiger partial charge in [-0.1, -0.05) is 6.07 Å². The van der Waals surface area contributed by atoms with E-state index < -0.39 is 0 Å². The first-order valence-electron chi connectivity index (χ1n) is 8.41. The number of hydrogen-bond acceptors (Lipinski definition) is 5. The van der Waals surface area contributed by atoms with Crippen LogP contribution in [0.5, 0.6) is 11.5 Å². The third-order valence-corrected chi connectivity index (χ3v) is 4.26. The quantitative estimate of drug-likeness (QED) is 0.548. The fraction of sp³-hybridized carbons (Fsp3) is 0.588. The molecule has 0 amide bonds. The zero-order valence-electron chi connectivity index (χ0n) is 13.7. The summed E-state index contributed by atoms with van der Waals surface area (Å²) in [5.74, 6) is 1.58. The van der Waals surface area contributed by atoms with Crippen molar-refractivity contribution in [1.82, 2.24) is 10.6 Å². The highest BCUT2D eigenvalue weighted by atomic mass is 32.1. The summed E-state index contributed by atoms with van der Waals surface area (Å²) in [5, 5.41) is 7.02. The Hall–Kier alpha value is -1.57. The third kappa shape index (κ3) is 5.22. The van der Waals surface area contributed by atoms with E-state index in [2.05, 4.69) is 10.6 Å². The molecule has 2 N–H and O–H groups in total. The van der Waals surface area contributed by atoms with Crippen LogP contribution in [-0.4, -0.2) is 44.4 Å². The van der Waals surface area contributed by atoms with Crippen LogP contribution in [-0.2, 0) is 16.0 Å². The molecular formula is C17H24N2O4S. The monoisotopic (exact) mass is 352 g/mol. The van der Waals surface area contributed by atoms with Crippen molar-refractivity contribution >= 4 is 17.3 Å². The summed E-state index contributed by atoms with van der Waals surface area (Å²) >= 11 is 5.28. The molecule has 132 valence electrons. The Balaban J connectivity index is 1.23. The van der Waals surface area contributed by atoms with Crippen molar-refractivity contribution in [2.24, 2.45) is 0 Å². The Morgan fingerprint density at radius 1 is 1.25 bits per heavy atom. The van der Waals surface area contributed by atoms with Gasteiger partial charge in [-0.05, 0) is 49.2 Å². The fourth-order valence-electron chi connectivity index (χ4n) is 2.66. The minimum Gasteiger partial charge on any atom is -0.454 e. The molecule has 1 aromatic carbocycles. The van der Waals surface area contributed by atoms with Crippen molar-refractivity contribution in [3.8, 4) is 11.5 Å².